The van der Waals surface area contributed by atoms with Crippen LogP contribution in [0.5, 0.6) is 0 Å². The van der Waals surface area contributed by atoms with Gasteiger partial charge in [-0.25, -0.2) is 13.1 Å². The van der Waals surface area contributed by atoms with Crippen molar-refractivity contribution in [3.8, 4) is 0 Å². The van der Waals surface area contributed by atoms with Crippen LogP contribution in [0, 0.1) is 0 Å². The Morgan fingerprint density at radius 3 is 2.30 bits per heavy atom. The minimum atomic E-state index is -3.08. The van der Waals surface area contributed by atoms with Crippen LogP contribution in [0.3, 0.4) is 0 Å². The maximum Gasteiger partial charge on any atom is 0.211 e. The molecule has 0 amide bonds. The van der Waals surface area contributed by atoms with Gasteiger partial charge in [0.1, 0.15) is 0 Å². The van der Waals surface area contributed by atoms with E-state index >= 15 is 0 Å². The Hall–Kier alpha value is -0.0900. The average molecular weight is 420 g/mol. The number of sulfonamides is 1. The minimum Gasteiger partial charge on any atom is -0.357 e. The quantitative estimate of drug-likeness (QED) is 0.215. The zero-order chi connectivity index (χ0) is 14.6. The van der Waals surface area contributed by atoms with Gasteiger partial charge in [0, 0.05) is 26.2 Å². The van der Waals surface area contributed by atoms with Crippen LogP contribution in [0.2, 0.25) is 0 Å². The predicted octanol–water partition coefficient (Wildman–Crippen LogP) is 1.29. The molecule has 3 N–H and O–H groups in total. The number of nitrogens with one attached hydrogen (secondary N) is 3. The van der Waals surface area contributed by atoms with Crippen molar-refractivity contribution in [3.05, 3.63) is 0 Å². The molecule has 0 fully saturated rings. The number of unbranched alkanes of at least 4 members (excludes halogenated alkanes) is 1. The largest absolute Gasteiger partial charge is 0.357 e. The first-order chi connectivity index (χ1) is 9.05. The van der Waals surface area contributed by atoms with Crippen LogP contribution in [0.4, 0.5) is 0 Å². The van der Waals surface area contributed by atoms with Gasteiger partial charge in [0.05, 0.1) is 5.75 Å². The van der Waals surface area contributed by atoms with Gasteiger partial charge in [-0.05, 0) is 26.7 Å². The molecule has 0 heterocycles. The van der Waals surface area contributed by atoms with E-state index in [1.54, 1.807) is 6.92 Å². The maximum atomic E-state index is 11.2. The lowest BCUT2D eigenvalue weighted by molar-refractivity contribution is 0.581. The van der Waals surface area contributed by atoms with Crippen molar-refractivity contribution < 1.29 is 8.42 Å². The smallest absolute Gasteiger partial charge is 0.211 e. The third kappa shape index (κ3) is 12.9. The van der Waals surface area contributed by atoms with Crippen LogP contribution in [-0.2, 0) is 10.0 Å². The summed E-state index contributed by atoms with van der Waals surface area (Å²) in [6.07, 6.45) is 2.95. The summed E-state index contributed by atoms with van der Waals surface area (Å²) in [5.74, 6) is 0.923. The Bertz CT molecular complexity index is 347. The zero-order valence-electron chi connectivity index (χ0n) is 12.7. The van der Waals surface area contributed by atoms with Gasteiger partial charge < -0.3 is 10.6 Å². The Balaban J connectivity index is 0. The summed E-state index contributed by atoms with van der Waals surface area (Å²) >= 11 is 0. The van der Waals surface area contributed by atoms with Crippen LogP contribution in [-0.4, -0.2) is 46.3 Å². The molecule has 0 aromatic carbocycles. The van der Waals surface area contributed by atoms with E-state index in [0.717, 1.165) is 31.9 Å². The number of halogens is 1. The highest BCUT2D eigenvalue weighted by atomic mass is 127. The van der Waals surface area contributed by atoms with Crippen LogP contribution in [0.1, 0.15) is 40.0 Å². The van der Waals surface area contributed by atoms with Gasteiger partial charge in [0.15, 0.2) is 5.96 Å². The van der Waals surface area contributed by atoms with Crippen molar-refractivity contribution in [2.24, 2.45) is 4.99 Å². The molecule has 0 aliphatic heterocycles. The summed E-state index contributed by atoms with van der Waals surface area (Å²) < 4.78 is 24.9. The Morgan fingerprint density at radius 1 is 1.05 bits per heavy atom. The molecular weight excluding hydrogens is 391 g/mol. The molecule has 0 atom stereocenters. The molecule has 0 aliphatic rings. The molecule has 0 saturated heterocycles. The fourth-order valence-electron chi connectivity index (χ4n) is 1.32. The summed E-state index contributed by atoms with van der Waals surface area (Å²) in [7, 11) is -3.08. The van der Waals surface area contributed by atoms with Crippen molar-refractivity contribution in [2.75, 3.05) is 31.9 Å². The van der Waals surface area contributed by atoms with Crippen molar-refractivity contribution >= 4 is 40.0 Å². The fraction of sp³-hybridized carbons (Fsp3) is 0.917. The number of hydrogen-bond donors (Lipinski definition) is 3. The van der Waals surface area contributed by atoms with Crippen molar-refractivity contribution in [2.45, 2.75) is 40.0 Å². The lowest BCUT2D eigenvalue weighted by Crippen LogP contribution is -2.38. The van der Waals surface area contributed by atoms with E-state index < -0.39 is 10.0 Å². The number of rotatable bonds is 10. The molecule has 122 valence electrons. The van der Waals surface area contributed by atoms with E-state index in [1.165, 1.54) is 0 Å². The number of hydrogen-bond acceptors (Lipinski definition) is 3. The summed E-state index contributed by atoms with van der Waals surface area (Å²) in [5, 5.41) is 6.40. The molecule has 0 spiro atoms. The third-order valence-corrected chi connectivity index (χ3v) is 3.88. The monoisotopic (exact) mass is 420 g/mol. The Labute approximate surface area is 140 Å². The van der Waals surface area contributed by atoms with E-state index in [9.17, 15) is 8.42 Å². The van der Waals surface area contributed by atoms with Gasteiger partial charge in [0.2, 0.25) is 10.0 Å². The van der Waals surface area contributed by atoms with Crippen LogP contribution in [0.25, 0.3) is 0 Å². The fourth-order valence-corrected chi connectivity index (χ4v) is 1.98. The summed E-state index contributed by atoms with van der Waals surface area (Å²) in [6, 6.07) is 0. The Kier molecular flexibility index (Phi) is 15.4. The first-order valence-corrected chi connectivity index (χ1v) is 8.70. The Morgan fingerprint density at radius 2 is 1.75 bits per heavy atom. The standard InChI is InChI=1S/C12H28N4O2S.HI/c1-4-7-9-14-12(13-5-2)15-10-8-11-16-19(17,18)6-3;/h16H,4-11H2,1-3H3,(H2,13,14,15);1H. The second-order valence-corrected chi connectivity index (χ2v) is 6.29. The molecule has 0 aromatic heterocycles. The molecule has 0 aliphatic carbocycles. The predicted molar refractivity (Wildman–Crippen MR) is 96.4 cm³/mol. The van der Waals surface area contributed by atoms with Crippen LogP contribution >= 0.6 is 24.0 Å². The lowest BCUT2D eigenvalue weighted by Gasteiger charge is -2.10. The van der Waals surface area contributed by atoms with Crippen molar-refractivity contribution in [1.29, 1.82) is 0 Å². The highest BCUT2D eigenvalue weighted by Crippen LogP contribution is 1.87. The first-order valence-electron chi connectivity index (χ1n) is 7.05. The molecule has 0 unspecified atom stereocenters. The summed E-state index contributed by atoms with van der Waals surface area (Å²) in [6.45, 7) is 8.56. The lowest BCUT2D eigenvalue weighted by atomic mass is 10.3. The first kappa shape index (κ1) is 22.2. The maximum absolute atomic E-state index is 11.2. The summed E-state index contributed by atoms with van der Waals surface area (Å²) in [4.78, 5) is 4.39. The van der Waals surface area contributed by atoms with Gasteiger partial charge in [-0.1, -0.05) is 13.3 Å². The highest BCUT2D eigenvalue weighted by molar-refractivity contribution is 14.0. The molecule has 0 aromatic rings. The normalized spacial score (nSPS) is 11.8. The number of guanidine groups is 1. The third-order valence-electron chi connectivity index (χ3n) is 2.47. The van der Waals surface area contributed by atoms with Crippen molar-refractivity contribution in [1.82, 2.24) is 15.4 Å². The van der Waals surface area contributed by atoms with Gasteiger partial charge in [0.25, 0.3) is 0 Å². The van der Waals surface area contributed by atoms with Gasteiger partial charge in [-0.3, -0.25) is 4.99 Å². The van der Waals surface area contributed by atoms with Gasteiger partial charge in [-0.15, -0.1) is 24.0 Å². The SMILES string of the molecule is CCCCNC(=NCCCNS(=O)(=O)CC)NCC.I. The molecule has 0 saturated carbocycles. The van der Waals surface area contributed by atoms with E-state index in [0.29, 0.717) is 19.5 Å². The number of aliphatic imine (C=N–C) groups is 1. The van der Waals surface area contributed by atoms with Gasteiger partial charge in [-0.2, -0.15) is 0 Å². The van der Waals surface area contributed by atoms with E-state index in [1.807, 2.05) is 6.92 Å². The molecule has 8 heteroatoms. The molecular formula is C12H29IN4O2S. The minimum absolute atomic E-state index is 0. The van der Waals surface area contributed by atoms with Gasteiger partial charge >= 0.3 is 0 Å². The molecule has 0 rings (SSSR count). The second kappa shape index (κ2) is 13.9. The molecule has 0 radical (unpaired) electrons. The van der Waals surface area contributed by atoms with E-state index in [-0.39, 0.29) is 29.7 Å². The molecule has 0 bridgehead atoms. The molecule has 6 nitrogen and oxygen atoms in total. The van der Waals surface area contributed by atoms with Crippen molar-refractivity contribution in [3.63, 3.8) is 0 Å². The zero-order valence-corrected chi connectivity index (χ0v) is 15.9. The average Bonchev–Trinajstić information content (AvgIpc) is 2.38. The summed E-state index contributed by atoms with van der Waals surface area (Å²) in [5.41, 5.74) is 0. The van der Waals surface area contributed by atoms with E-state index in [2.05, 4.69) is 27.3 Å². The topological polar surface area (TPSA) is 82.6 Å². The van der Waals surface area contributed by atoms with E-state index in [4.69, 9.17) is 0 Å². The number of nitrogens with zero attached hydrogens (tertiary/aromatic N) is 1. The second-order valence-electron chi connectivity index (χ2n) is 4.19. The van der Waals surface area contributed by atoms with Crippen LogP contribution in [0.15, 0.2) is 4.99 Å². The highest BCUT2D eigenvalue weighted by Gasteiger charge is 2.04. The van der Waals surface area contributed by atoms with Crippen LogP contribution < -0.4 is 15.4 Å². The molecule has 20 heavy (non-hydrogen) atoms.